The van der Waals surface area contributed by atoms with Crippen molar-refractivity contribution in [2.75, 3.05) is 13.7 Å². The fourth-order valence-corrected chi connectivity index (χ4v) is 2.23. The number of hydrogen-bond acceptors (Lipinski definition) is 2. The summed E-state index contributed by atoms with van der Waals surface area (Å²) in [5, 5.41) is 2.78. The maximum Gasteiger partial charge on any atom is 0.255 e. The molecule has 100 valence electrons. The minimum atomic E-state index is -0.171. The molecule has 0 bridgehead atoms. The van der Waals surface area contributed by atoms with Gasteiger partial charge in [-0.25, -0.2) is 0 Å². The van der Waals surface area contributed by atoms with Gasteiger partial charge in [0.25, 0.3) is 5.91 Å². The molecular formula is C13H17BrClNO2. The van der Waals surface area contributed by atoms with Gasteiger partial charge >= 0.3 is 0 Å². The Kier molecular flexibility index (Phi) is 6.50. The average molecular weight is 335 g/mol. The minimum absolute atomic E-state index is 0.0305. The van der Waals surface area contributed by atoms with Gasteiger partial charge in [-0.2, -0.15) is 0 Å². The molecule has 1 amide bonds. The maximum atomic E-state index is 12.0. The molecule has 0 fully saturated rings. The maximum absolute atomic E-state index is 12.0. The van der Waals surface area contributed by atoms with Gasteiger partial charge in [0, 0.05) is 11.0 Å². The van der Waals surface area contributed by atoms with E-state index in [1.807, 2.05) is 6.07 Å². The Bertz CT molecular complexity index is 412. The number of rotatable bonds is 6. The first-order valence-electron chi connectivity index (χ1n) is 5.84. The first-order valence-corrected chi connectivity index (χ1v) is 7.07. The van der Waals surface area contributed by atoms with Crippen LogP contribution in [0.15, 0.2) is 22.7 Å². The number of hydrogen-bond donors (Lipinski definition) is 1. The van der Waals surface area contributed by atoms with Gasteiger partial charge in [-0.15, -0.1) is 11.6 Å². The van der Waals surface area contributed by atoms with Gasteiger partial charge in [0.1, 0.15) is 5.75 Å². The molecule has 0 radical (unpaired) electrons. The summed E-state index contributed by atoms with van der Waals surface area (Å²) in [5.41, 5.74) is 0.507. The second-order valence-electron chi connectivity index (χ2n) is 3.94. The molecule has 0 heterocycles. The van der Waals surface area contributed by atoms with Crippen molar-refractivity contribution < 1.29 is 9.53 Å². The smallest absolute Gasteiger partial charge is 0.255 e. The average Bonchev–Trinajstić information content (AvgIpc) is 2.36. The Balaban J connectivity index is 2.68. The largest absolute Gasteiger partial charge is 0.496 e. The van der Waals surface area contributed by atoms with Gasteiger partial charge in [-0.3, -0.25) is 4.79 Å². The quantitative estimate of drug-likeness (QED) is 0.807. The third-order valence-electron chi connectivity index (χ3n) is 2.49. The number of benzene rings is 1. The number of alkyl halides is 1. The number of amides is 1. The van der Waals surface area contributed by atoms with Crippen LogP contribution >= 0.6 is 27.5 Å². The summed E-state index contributed by atoms with van der Waals surface area (Å²) in [4.78, 5) is 12.0. The standard InChI is InChI=1S/C13H17BrClNO2/c1-3-4-10(15)8-16-13(17)11-7-9(14)5-6-12(11)18-2/h5-7,10H,3-4,8H2,1-2H3,(H,16,17). The Hall–Kier alpha value is -0.740. The summed E-state index contributed by atoms with van der Waals surface area (Å²) in [6, 6.07) is 5.32. The van der Waals surface area contributed by atoms with E-state index >= 15 is 0 Å². The fraction of sp³-hybridized carbons (Fsp3) is 0.462. The minimum Gasteiger partial charge on any atom is -0.496 e. The lowest BCUT2D eigenvalue weighted by Crippen LogP contribution is -2.30. The highest BCUT2D eigenvalue weighted by Gasteiger charge is 2.13. The van der Waals surface area contributed by atoms with Crippen LogP contribution in [-0.4, -0.2) is 24.9 Å². The lowest BCUT2D eigenvalue weighted by Gasteiger charge is -2.12. The number of carbonyl (C=O) groups excluding carboxylic acids is 1. The molecule has 1 rings (SSSR count). The van der Waals surface area contributed by atoms with Crippen LogP contribution in [0.25, 0.3) is 0 Å². The molecule has 0 saturated carbocycles. The molecule has 3 nitrogen and oxygen atoms in total. The SMILES string of the molecule is CCCC(Cl)CNC(=O)c1cc(Br)ccc1OC. The highest BCUT2D eigenvalue weighted by atomic mass is 79.9. The third-order valence-corrected chi connectivity index (χ3v) is 3.36. The number of ether oxygens (including phenoxy) is 1. The van der Waals surface area contributed by atoms with E-state index in [1.165, 1.54) is 0 Å². The van der Waals surface area contributed by atoms with Crippen molar-refractivity contribution >= 4 is 33.4 Å². The van der Waals surface area contributed by atoms with E-state index < -0.39 is 0 Å². The van der Waals surface area contributed by atoms with Crippen LogP contribution < -0.4 is 10.1 Å². The van der Waals surface area contributed by atoms with E-state index in [1.54, 1.807) is 19.2 Å². The van der Waals surface area contributed by atoms with Crippen molar-refractivity contribution in [2.45, 2.75) is 25.1 Å². The number of carbonyl (C=O) groups is 1. The molecule has 0 saturated heterocycles. The fourth-order valence-electron chi connectivity index (χ4n) is 1.57. The Morgan fingerprint density at radius 1 is 1.56 bits per heavy atom. The molecule has 0 aliphatic carbocycles. The molecule has 0 aliphatic heterocycles. The Morgan fingerprint density at radius 2 is 2.28 bits per heavy atom. The van der Waals surface area contributed by atoms with Crippen LogP contribution in [0.2, 0.25) is 0 Å². The van der Waals surface area contributed by atoms with E-state index in [9.17, 15) is 4.79 Å². The van der Waals surface area contributed by atoms with Crippen molar-refractivity contribution in [1.82, 2.24) is 5.32 Å². The van der Waals surface area contributed by atoms with Crippen molar-refractivity contribution in [2.24, 2.45) is 0 Å². The summed E-state index contributed by atoms with van der Waals surface area (Å²) in [6.45, 7) is 2.53. The van der Waals surface area contributed by atoms with Gasteiger partial charge in [-0.1, -0.05) is 29.3 Å². The van der Waals surface area contributed by atoms with Crippen LogP contribution in [0.1, 0.15) is 30.1 Å². The van der Waals surface area contributed by atoms with E-state index in [0.717, 1.165) is 17.3 Å². The van der Waals surface area contributed by atoms with E-state index in [-0.39, 0.29) is 11.3 Å². The second kappa shape index (κ2) is 7.64. The van der Waals surface area contributed by atoms with Crippen molar-refractivity contribution in [3.63, 3.8) is 0 Å². The summed E-state index contributed by atoms with van der Waals surface area (Å²) in [7, 11) is 1.54. The summed E-state index contributed by atoms with van der Waals surface area (Å²) in [5.74, 6) is 0.382. The molecular weight excluding hydrogens is 318 g/mol. The molecule has 0 aromatic heterocycles. The summed E-state index contributed by atoms with van der Waals surface area (Å²) >= 11 is 9.40. The van der Waals surface area contributed by atoms with Crippen molar-refractivity contribution in [3.8, 4) is 5.75 Å². The van der Waals surface area contributed by atoms with E-state index in [2.05, 4.69) is 28.2 Å². The van der Waals surface area contributed by atoms with E-state index in [4.69, 9.17) is 16.3 Å². The van der Waals surface area contributed by atoms with Gasteiger partial charge in [0.05, 0.1) is 18.1 Å². The molecule has 0 spiro atoms. The molecule has 18 heavy (non-hydrogen) atoms. The monoisotopic (exact) mass is 333 g/mol. The zero-order valence-electron chi connectivity index (χ0n) is 10.5. The summed E-state index contributed by atoms with van der Waals surface area (Å²) < 4.78 is 6.00. The lowest BCUT2D eigenvalue weighted by molar-refractivity contribution is 0.0950. The Labute approximate surface area is 121 Å². The molecule has 1 aromatic rings. The number of halogens is 2. The summed E-state index contributed by atoms with van der Waals surface area (Å²) in [6.07, 6.45) is 1.89. The van der Waals surface area contributed by atoms with Crippen LogP contribution in [0.4, 0.5) is 0 Å². The van der Waals surface area contributed by atoms with Crippen LogP contribution in [0.5, 0.6) is 5.75 Å². The molecule has 5 heteroatoms. The predicted octanol–water partition coefficient (Wildman–Crippen LogP) is 3.60. The van der Waals surface area contributed by atoms with Gasteiger partial charge in [-0.05, 0) is 24.6 Å². The molecule has 1 unspecified atom stereocenters. The number of nitrogens with one attached hydrogen (secondary N) is 1. The zero-order valence-corrected chi connectivity index (χ0v) is 12.8. The zero-order chi connectivity index (χ0) is 13.5. The van der Waals surface area contributed by atoms with Crippen LogP contribution in [-0.2, 0) is 0 Å². The Morgan fingerprint density at radius 3 is 2.89 bits per heavy atom. The first-order chi connectivity index (χ1) is 8.58. The molecule has 1 aromatic carbocycles. The van der Waals surface area contributed by atoms with Gasteiger partial charge in [0.15, 0.2) is 0 Å². The molecule has 1 N–H and O–H groups in total. The van der Waals surface area contributed by atoms with Crippen LogP contribution in [0, 0.1) is 0 Å². The highest BCUT2D eigenvalue weighted by molar-refractivity contribution is 9.10. The first kappa shape index (κ1) is 15.3. The number of methoxy groups -OCH3 is 1. The normalized spacial score (nSPS) is 12.0. The van der Waals surface area contributed by atoms with Gasteiger partial charge in [0.2, 0.25) is 0 Å². The van der Waals surface area contributed by atoms with Crippen LogP contribution in [0.3, 0.4) is 0 Å². The lowest BCUT2D eigenvalue weighted by atomic mass is 10.2. The predicted molar refractivity (Wildman–Crippen MR) is 77.6 cm³/mol. The molecule has 1 atom stereocenters. The highest BCUT2D eigenvalue weighted by Crippen LogP contribution is 2.22. The van der Waals surface area contributed by atoms with Crippen molar-refractivity contribution in [1.29, 1.82) is 0 Å². The van der Waals surface area contributed by atoms with Crippen molar-refractivity contribution in [3.05, 3.63) is 28.2 Å². The topological polar surface area (TPSA) is 38.3 Å². The van der Waals surface area contributed by atoms with E-state index in [0.29, 0.717) is 17.9 Å². The third kappa shape index (κ3) is 4.50. The second-order valence-corrected chi connectivity index (χ2v) is 5.47. The van der Waals surface area contributed by atoms with Gasteiger partial charge < -0.3 is 10.1 Å². The molecule has 0 aliphatic rings.